The Labute approximate surface area is 207 Å². The summed E-state index contributed by atoms with van der Waals surface area (Å²) in [7, 11) is 1.21. The Kier molecular flexibility index (Phi) is 11.7. The highest BCUT2D eigenvalue weighted by Gasteiger charge is 2.36. The van der Waals surface area contributed by atoms with Gasteiger partial charge < -0.3 is 30.1 Å². The van der Waals surface area contributed by atoms with Crippen LogP contribution in [-0.4, -0.2) is 72.3 Å². The summed E-state index contributed by atoms with van der Waals surface area (Å²) in [6.45, 7) is 9.92. The predicted molar refractivity (Wildman–Crippen MR) is 131 cm³/mol. The molecule has 3 N–H and O–H groups in total. The molecule has 3 amide bonds. The van der Waals surface area contributed by atoms with Crippen molar-refractivity contribution in [3.8, 4) is 0 Å². The molecule has 0 aromatic heterocycles. The maximum atomic E-state index is 13.6. The smallest absolute Gasteiger partial charge is 0.408 e. The molecule has 0 aliphatic heterocycles. The monoisotopic (exact) mass is 493 g/mol. The molecular formula is C25H39N3O7. The van der Waals surface area contributed by atoms with E-state index in [1.54, 1.807) is 32.9 Å². The van der Waals surface area contributed by atoms with E-state index in [0.29, 0.717) is 12.0 Å². The van der Waals surface area contributed by atoms with Crippen molar-refractivity contribution in [2.24, 2.45) is 0 Å². The van der Waals surface area contributed by atoms with Crippen LogP contribution in [0, 0.1) is 13.8 Å². The Morgan fingerprint density at radius 2 is 1.77 bits per heavy atom. The largest absolute Gasteiger partial charge is 0.468 e. The highest BCUT2D eigenvalue weighted by Crippen LogP contribution is 2.25. The van der Waals surface area contributed by atoms with Gasteiger partial charge in [-0.2, -0.15) is 0 Å². The third-order valence-corrected chi connectivity index (χ3v) is 5.25. The number of amides is 3. The molecule has 0 spiro atoms. The van der Waals surface area contributed by atoms with Gasteiger partial charge in [0.15, 0.2) is 0 Å². The molecule has 0 heterocycles. The van der Waals surface area contributed by atoms with Gasteiger partial charge in [-0.25, -0.2) is 4.79 Å². The first-order chi connectivity index (χ1) is 16.3. The van der Waals surface area contributed by atoms with Gasteiger partial charge in [0.25, 0.3) is 0 Å². The Morgan fingerprint density at radius 1 is 1.11 bits per heavy atom. The Morgan fingerprint density at radius 3 is 2.29 bits per heavy atom. The summed E-state index contributed by atoms with van der Waals surface area (Å²) < 4.78 is 9.82. The average molecular weight is 494 g/mol. The summed E-state index contributed by atoms with van der Waals surface area (Å²) >= 11 is 0. The number of benzene rings is 1. The summed E-state index contributed by atoms with van der Waals surface area (Å²) in [6, 6.07) is 2.96. The van der Waals surface area contributed by atoms with E-state index in [2.05, 4.69) is 15.4 Å². The number of carbonyl (C=O) groups excluding carboxylic acids is 4. The molecule has 2 unspecified atom stereocenters. The predicted octanol–water partition coefficient (Wildman–Crippen LogP) is 2.15. The number of rotatable bonds is 11. The van der Waals surface area contributed by atoms with Crippen LogP contribution >= 0.6 is 0 Å². The van der Waals surface area contributed by atoms with Crippen LogP contribution in [0.2, 0.25) is 0 Å². The van der Waals surface area contributed by atoms with Gasteiger partial charge in [0.1, 0.15) is 24.2 Å². The molecule has 0 saturated heterocycles. The van der Waals surface area contributed by atoms with Crippen molar-refractivity contribution in [1.82, 2.24) is 15.5 Å². The molecule has 10 nitrogen and oxygen atoms in total. The number of aliphatic hydroxyl groups is 1. The number of nitrogens with one attached hydrogen (secondary N) is 2. The fourth-order valence-corrected chi connectivity index (χ4v) is 3.27. The minimum atomic E-state index is -1.33. The summed E-state index contributed by atoms with van der Waals surface area (Å²) in [6.07, 6.45) is 0.441. The van der Waals surface area contributed by atoms with Crippen molar-refractivity contribution in [3.05, 3.63) is 34.9 Å². The number of aliphatic hydroxyl groups excluding tert-OH is 1. The highest BCUT2D eigenvalue weighted by atomic mass is 16.6. The summed E-state index contributed by atoms with van der Waals surface area (Å²) in [4.78, 5) is 52.1. The van der Waals surface area contributed by atoms with E-state index in [1.807, 2.05) is 26.8 Å². The van der Waals surface area contributed by atoms with E-state index in [9.17, 15) is 24.3 Å². The number of carbonyl (C=O) groups is 4. The van der Waals surface area contributed by atoms with E-state index in [1.165, 1.54) is 12.0 Å². The van der Waals surface area contributed by atoms with E-state index in [0.717, 1.165) is 17.5 Å². The van der Waals surface area contributed by atoms with Crippen LogP contribution in [0.15, 0.2) is 18.2 Å². The third kappa shape index (κ3) is 9.56. The molecule has 0 aliphatic rings. The van der Waals surface area contributed by atoms with Crippen LogP contribution in [0.4, 0.5) is 4.79 Å². The molecule has 1 aromatic carbocycles. The van der Waals surface area contributed by atoms with Gasteiger partial charge >= 0.3 is 12.1 Å². The lowest BCUT2D eigenvalue weighted by Gasteiger charge is -2.34. The number of aryl methyl sites for hydroxylation is 2. The molecule has 35 heavy (non-hydrogen) atoms. The van der Waals surface area contributed by atoms with Crippen molar-refractivity contribution in [2.75, 3.05) is 26.8 Å². The lowest BCUT2D eigenvalue weighted by Crippen LogP contribution is -2.54. The van der Waals surface area contributed by atoms with Gasteiger partial charge in [0.2, 0.25) is 11.8 Å². The SMILES string of the molecule is CCCCN(C(=O)C(CO)NC(=O)OC(C)(C)C)C(C(=O)NCC(=O)OC)c1ccc(C)c(C)c1. The lowest BCUT2D eigenvalue weighted by molar-refractivity contribution is -0.145. The molecule has 10 heteroatoms. The lowest BCUT2D eigenvalue weighted by atomic mass is 9.98. The van der Waals surface area contributed by atoms with E-state index in [-0.39, 0.29) is 13.1 Å². The van der Waals surface area contributed by atoms with Gasteiger partial charge in [-0.15, -0.1) is 0 Å². The fourth-order valence-electron chi connectivity index (χ4n) is 3.27. The van der Waals surface area contributed by atoms with Crippen LogP contribution in [0.1, 0.15) is 63.3 Å². The number of hydrogen-bond acceptors (Lipinski definition) is 7. The van der Waals surface area contributed by atoms with Crippen molar-refractivity contribution >= 4 is 23.9 Å². The molecule has 196 valence electrons. The zero-order chi connectivity index (χ0) is 26.8. The molecular weight excluding hydrogens is 454 g/mol. The summed E-state index contributed by atoms with van der Waals surface area (Å²) in [5.41, 5.74) is 1.66. The standard InChI is InChI=1S/C25H39N3O7/c1-8-9-12-28(23(32)19(15-29)27-24(33)35-25(4,5)6)21(22(31)26-14-20(30)34-7)18-11-10-16(2)17(3)13-18/h10-11,13,19,21,29H,8-9,12,14-15H2,1-7H3,(H,26,31)(H,27,33). The Hall–Kier alpha value is -3.14. The minimum Gasteiger partial charge on any atom is -0.468 e. The normalized spacial score (nSPS) is 12.8. The first-order valence-electron chi connectivity index (χ1n) is 11.7. The molecule has 0 radical (unpaired) electrons. The van der Waals surface area contributed by atoms with Gasteiger partial charge in [-0.05, 0) is 57.7 Å². The summed E-state index contributed by atoms with van der Waals surface area (Å²) in [5, 5.41) is 14.8. The second-order valence-corrected chi connectivity index (χ2v) is 9.31. The zero-order valence-corrected chi connectivity index (χ0v) is 21.8. The molecule has 0 fully saturated rings. The van der Waals surface area contributed by atoms with Gasteiger partial charge in [0, 0.05) is 6.54 Å². The number of esters is 1. The highest BCUT2D eigenvalue weighted by molar-refractivity contribution is 5.93. The molecule has 1 rings (SSSR count). The Bertz CT molecular complexity index is 896. The Balaban J connectivity index is 3.40. The van der Waals surface area contributed by atoms with Crippen LogP contribution in [-0.2, 0) is 23.9 Å². The third-order valence-electron chi connectivity index (χ3n) is 5.25. The first-order valence-corrected chi connectivity index (χ1v) is 11.7. The van der Waals surface area contributed by atoms with Crippen LogP contribution in [0.25, 0.3) is 0 Å². The molecule has 2 atom stereocenters. The van der Waals surface area contributed by atoms with Crippen LogP contribution in [0.5, 0.6) is 0 Å². The topological polar surface area (TPSA) is 134 Å². The molecule has 0 bridgehead atoms. The van der Waals surface area contributed by atoms with Crippen LogP contribution in [0.3, 0.4) is 0 Å². The van der Waals surface area contributed by atoms with Crippen molar-refractivity contribution < 1.29 is 33.8 Å². The zero-order valence-electron chi connectivity index (χ0n) is 21.8. The number of alkyl carbamates (subject to hydrolysis) is 1. The number of ether oxygens (including phenoxy) is 2. The van der Waals surface area contributed by atoms with Gasteiger partial charge in [0.05, 0.1) is 13.7 Å². The minimum absolute atomic E-state index is 0.186. The number of nitrogens with zero attached hydrogens (tertiary/aromatic N) is 1. The van der Waals surface area contributed by atoms with E-state index in [4.69, 9.17) is 4.74 Å². The number of unbranched alkanes of at least 4 members (excludes halogenated alkanes) is 1. The first kappa shape index (κ1) is 29.9. The number of methoxy groups -OCH3 is 1. The quantitative estimate of drug-likeness (QED) is 0.402. The second-order valence-electron chi connectivity index (χ2n) is 9.31. The fraction of sp³-hybridized carbons (Fsp3) is 0.600. The van der Waals surface area contributed by atoms with Crippen molar-refractivity contribution in [2.45, 2.75) is 72.1 Å². The maximum absolute atomic E-state index is 13.6. The average Bonchev–Trinajstić information content (AvgIpc) is 2.78. The van der Waals surface area contributed by atoms with Gasteiger partial charge in [-0.1, -0.05) is 31.5 Å². The van der Waals surface area contributed by atoms with Gasteiger partial charge in [-0.3, -0.25) is 14.4 Å². The summed E-state index contributed by atoms with van der Waals surface area (Å²) in [5.74, 6) is -1.87. The van der Waals surface area contributed by atoms with Crippen LogP contribution < -0.4 is 10.6 Å². The molecule has 0 saturated carbocycles. The maximum Gasteiger partial charge on any atom is 0.408 e. The van der Waals surface area contributed by atoms with Crippen molar-refractivity contribution in [3.63, 3.8) is 0 Å². The molecule has 1 aromatic rings. The van der Waals surface area contributed by atoms with E-state index < -0.39 is 48.2 Å². The van der Waals surface area contributed by atoms with Crippen molar-refractivity contribution in [1.29, 1.82) is 0 Å². The number of hydrogen-bond donors (Lipinski definition) is 3. The molecule has 0 aliphatic carbocycles. The van der Waals surface area contributed by atoms with E-state index >= 15 is 0 Å². The second kappa shape index (κ2) is 13.7.